The summed E-state index contributed by atoms with van der Waals surface area (Å²) in [6.45, 7) is 7.04. The lowest BCUT2D eigenvalue weighted by atomic mass is 9.98. The Morgan fingerprint density at radius 3 is 2.46 bits per heavy atom. The molecule has 132 valence electrons. The second-order valence-electron chi connectivity index (χ2n) is 8.00. The van der Waals surface area contributed by atoms with Crippen molar-refractivity contribution in [1.82, 2.24) is 9.80 Å². The van der Waals surface area contributed by atoms with Gasteiger partial charge in [-0.15, -0.1) is 0 Å². The quantitative estimate of drug-likeness (QED) is 0.900. The molecule has 24 heavy (non-hydrogen) atoms. The molecule has 0 aromatic heterocycles. The molecule has 0 radical (unpaired) electrons. The SMILES string of the molecule is CN1C[C@]2(CCN(Cc3ccc(CCC(C)(C)O)cc3)C2)OC1=O. The molecule has 1 aromatic carbocycles. The van der Waals surface area contributed by atoms with Gasteiger partial charge in [-0.25, -0.2) is 4.79 Å². The van der Waals surface area contributed by atoms with Crippen molar-refractivity contribution in [3.05, 3.63) is 35.4 Å². The van der Waals surface area contributed by atoms with E-state index in [2.05, 4.69) is 29.2 Å². The first-order valence-corrected chi connectivity index (χ1v) is 8.71. The van der Waals surface area contributed by atoms with Gasteiger partial charge >= 0.3 is 6.09 Å². The van der Waals surface area contributed by atoms with Crippen molar-refractivity contribution in [1.29, 1.82) is 0 Å². The Kier molecular flexibility index (Phi) is 4.58. The van der Waals surface area contributed by atoms with E-state index in [0.29, 0.717) is 6.54 Å². The first kappa shape index (κ1) is 17.2. The highest BCUT2D eigenvalue weighted by Gasteiger charge is 2.48. The van der Waals surface area contributed by atoms with Crippen molar-refractivity contribution >= 4 is 6.09 Å². The third kappa shape index (κ3) is 4.08. The average Bonchev–Trinajstić information content (AvgIpc) is 3.00. The molecule has 1 aromatic rings. The van der Waals surface area contributed by atoms with Crippen LogP contribution in [-0.2, 0) is 17.7 Å². The van der Waals surface area contributed by atoms with Gasteiger partial charge in [-0.2, -0.15) is 0 Å². The summed E-state index contributed by atoms with van der Waals surface area (Å²) in [5.74, 6) is 0. The molecule has 0 bridgehead atoms. The average molecular weight is 332 g/mol. The zero-order valence-corrected chi connectivity index (χ0v) is 14.9. The number of hydrogen-bond donors (Lipinski definition) is 1. The van der Waals surface area contributed by atoms with Crippen LogP contribution in [0.5, 0.6) is 0 Å². The number of nitrogens with zero attached hydrogens (tertiary/aromatic N) is 2. The molecule has 5 heteroatoms. The first-order chi connectivity index (χ1) is 11.2. The molecule has 1 atom stereocenters. The van der Waals surface area contributed by atoms with E-state index >= 15 is 0 Å². The maximum Gasteiger partial charge on any atom is 0.410 e. The van der Waals surface area contributed by atoms with E-state index in [-0.39, 0.29) is 11.7 Å². The van der Waals surface area contributed by atoms with Crippen LogP contribution in [0.15, 0.2) is 24.3 Å². The summed E-state index contributed by atoms with van der Waals surface area (Å²) in [6, 6.07) is 8.63. The number of likely N-dealkylation sites (tertiary alicyclic amines) is 1. The normalized spacial score (nSPS) is 24.8. The summed E-state index contributed by atoms with van der Waals surface area (Å²) in [4.78, 5) is 15.7. The zero-order valence-electron chi connectivity index (χ0n) is 14.9. The van der Waals surface area contributed by atoms with E-state index in [1.807, 2.05) is 13.8 Å². The third-order valence-electron chi connectivity index (χ3n) is 4.99. The van der Waals surface area contributed by atoms with E-state index in [4.69, 9.17) is 4.74 Å². The number of benzene rings is 1. The highest BCUT2D eigenvalue weighted by atomic mass is 16.6. The van der Waals surface area contributed by atoms with Crippen molar-refractivity contribution in [2.75, 3.05) is 26.7 Å². The summed E-state index contributed by atoms with van der Waals surface area (Å²) in [5.41, 5.74) is 1.61. The molecule has 0 unspecified atom stereocenters. The summed E-state index contributed by atoms with van der Waals surface area (Å²) in [5, 5.41) is 9.82. The van der Waals surface area contributed by atoms with Crippen LogP contribution in [0.1, 0.15) is 37.8 Å². The second kappa shape index (κ2) is 6.37. The lowest BCUT2D eigenvalue weighted by Crippen LogP contribution is -2.37. The minimum Gasteiger partial charge on any atom is -0.439 e. The maximum absolute atomic E-state index is 11.6. The molecule has 1 N–H and O–H groups in total. The van der Waals surface area contributed by atoms with Crippen molar-refractivity contribution in [3.8, 4) is 0 Å². The van der Waals surface area contributed by atoms with Crippen LogP contribution in [0.4, 0.5) is 4.79 Å². The molecule has 5 nitrogen and oxygen atoms in total. The van der Waals surface area contributed by atoms with Gasteiger partial charge in [0.1, 0.15) is 5.60 Å². The number of rotatable bonds is 5. The highest BCUT2D eigenvalue weighted by molar-refractivity contribution is 5.70. The zero-order chi connectivity index (χ0) is 17.4. The van der Waals surface area contributed by atoms with Gasteiger partial charge in [0.2, 0.25) is 0 Å². The molecule has 0 saturated carbocycles. The molecule has 2 fully saturated rings. The van der Waals surface area contributed by atoms with Crippen molar-refractivity contribution in [3.63, 3.8) is 0 Å². The van der Waals surface area contributed by atoms with Gasteiger partial charge in [-0.3, -0.25) is 4.90 Å². The Morgan fingerprint density at radius 2 is 1.88 bits per heavy atom. The molecule has 2 saturated heterocycles. The summed E-state index contributed by atoms with van der Waals surface area (Å²) >= 11 is 0. The smallest absolute Gasteiger partial charge is 0.410 e. The summed E-state index contributed by atoms with van der Waals surface area (Å²) < 4.78 is 5.59. The predicted molar refractivity (Wildman–Crippen MR) is 92.8 cm³/mol. The van der Waals surface area contributed by atoms with Crippen molar-refractivity contribution in [2.24, 2.45) is 0 Å². The maximum atomic E-state index is 11.6. The van der Waals surface area contributed by atoms with Crippen LogP contribution >= 0.6 is 0 Å². The van der Waals surface area contributed by atoms with E-state index in [1.165, 1.54) is 11.1 Å². The van der Waals surface area contributed by atoms with Gasteiger partial charge in [-0.05, 0) is 37.8 Å². The number of aryl methyl sites for hydroxylation is 1. The first-order valence-electron chi connectivity index (χ1n) is 8.71. The van der Waals surface area contributed by atoms with Crippen LogP contribution in [0, 0.1) is 0 Å². The standard InChI is InChI=1S/C19H28N2O3/c1-18(2,23)9-8-15-4-6-16(7-5-15)12-21-11-10-19(14-21)13-20(3)17(22)24-19/h4-7,23H,8-14H2,1-3H3/t19-/m0/s1. The minimum absolute atomic E-state index is 0.201. The molecule has 0 aliphatic carbocycles. The van der Waals surface area contributed by atoms with Gasteiger partial charge in [-0.1, -0.05) is 24.3 Å². The molecular formula is C19H28N2O3. The Balaban J connectivity index is 1.53. The lowest BCUT2D eigenvalue weighted by molar-refractivity contribution is 0.0627. The second-order valence-corrected chi connectivity index (χ2v) is 8.00. The van der Waals surface area contributed by atoms with Crippen LogP contribution in [0.2, 0.25) is 0 Å². The van der Waals surface area contributed by atoms with Gasteiger partial charge in [0.15, 0.2) is 0 Å². The summed E-state index contributed by atoms with van der Waals surface area (Å²) in [7, 11) is 1.80. The summed E-state index contributed by atoms with van der Waals surface area (Å²) in [6.07, 6.45) is 2.36. The van der Waals surface area contributed by atoms with Gasteiger partial charge in [0, 0.05) is 33.1 Å². The fraction of sp³-hybridized carbons (Fsp3) is 0.632. The van der Waals surface area contributed by atoms with Crippen LogP contribution in [-0.4, -0.2) is 58.9 Å². The minimum atomic E-state index is -0.617. The number of likely N-dealkylation sites (N-methyl/N-ethyl adjacent to an activating group) is 1. The number of carbonyl (C=O) groups is 1. The Hall–Kier alpha value is -1.59. The number of aliphatic hydroxyl groups is 1. The monoisotopic (exact) mass is 332 g/mol. The van der Waals surface area contributed by atoms with Crippen molar-refractivity contribution in [2.45, 2.75) is 50.9 Å². The molecule has 2 heterocycles. The molecule has 1 spiro atoms. The fourth-order valence-corrected chi connectivity index (χ4v) is 3.59. The number of ether oxygens (including phenoxy) is 1. The van der Waals surface area contributed by atoms with E-state index in [0.717, 1.165) is 38.9 Å². The van der Waals surface area contributed by atoms with E-state index in [1.54, 1.807) is 11.9 Å². The largest absolute Gasteiger partial charge is 0.439 e. The van der Waals surface area contributed by atoms with Gasteiger partial charge < -0.3 is 14.7 Å². The molecule has 2 aliphatic heterocycles. The number of hydrogen-bond acceptors (Lipinski definition) is 4. The van der Waals surface area contributed by atoms with E-state index in [9.17, 15) is 9.90 Å². The Labute approximate surface area is 144 Å². The lowest BCUT2D eigenvalue weighted by Gasteiger charge is -2.22. The Bertz CT molecular complexity index is 594. The van der Waals surface area contributed by atoms with Crippen LogP contribution < -0.4 is 0 Å². The topological polar surface area (TPSA) is 53.0 Å². The molecular weight excluding hydrogens is 304 g/mol. The molecule has 1 amide bonds. The predicted octanol–water partition coefficient (Wildman–Crippen LogP) is 2.42. The number of amides is 1. The molecule has 2 aliphatic rings. The van der Waals surface area contributed by atoms with Crippen LogP contribution in [0.3, 0.4) is 0 Å². The van der Waals surface area contributed by atoms with E-state index < -0.39 is 5.60 Å². The highest BCUT2D eigenvalue weighted by Crippen LogP contribution is 2.32. The number of carbonyl (C=O) groups excluding carboxylic acids is 1. The van der Waals surface area contributed by atoms with Crippen molar-refractivity contribution < 1.29 is 14.6 Å². The Morgan fingerprint density at radius 1 is 1.21 bits per heavy atom. The molecule has 3 rings (SSSR count). The third-order valence-corrected chi connectivity index (χ3v) is 4.99. The van der Waals surface area contributed by atoms with Crippen LogP contribution in [0.25, 0.3) is 0 Å². The van der Waals surface area contributed by atoms with Gasteiger partial charge in [0.25, 0.3) is 0 Å². The van der Waals surface area contributed by atoms with Gasteiger partial charge in [0.05, 0.1) is 12.1 Å². The fourth-order valence-electron chi connectivity index (χ4n) is 3.59.